The van der Waals surface area contributed by atoms with Gasteiger partial charge in [-0.1, -0.05) is 6.07 Å². The van der Waals surface area contributed by atoms with Crippen molar-refractivity contribution in [2.75, 3.05) is 46.2 Å². The first kappa shape index (κ1) is 17.8. The predicted octanol–water partition coefficient (Wildman–Crippen LogP) is 1.67. The fraction of sp³-hybridized carbons (Fsp3) is 0.611. The second-order valence-electron chi connectivity index (χ2n) is 6.47. The van der Waals surface area contributed by atoms with Crippen LogP contribution in [0.2, 0.25) is 0 Å². The van der Waals surface area contributed by atoms with E-state index < -0.39 is 0 Å². The number of nitrogens with zero attached hydrogens (tertiary/aromatic N) is 2. The van der Waals surface area contributed by atoms with Crippen LogP contribution in [-0.2, 0) is 11.3 Å². The van der Waals surface area contributed by atoms with E-state index in [-0.39, 0.29) is 18.9 Å². The van der Waals surface area contributed by atoms with Crippen LogP contribution in [-0.4, -0.2) is 68.1 Å². The zero-order chi connectivity index (χ0) is 17.6. The molecule has 0 aromatic heterocycles. The summed E-state index contributed by atoms with van der Waals surface area (Å²) in [5, 5.41) is 3.10. The zero-order valence-corrected chi connectivity index (χ0v) is 15.0. The summed E-state index contributed by atoms with van der Waals surface area (Å²) >= 11 is 0. The van der Waals surface area contributed by atoms with E-state index in [1.807, 2.05) is 32.0 Å². The lowest BCUT2D eigenvalue weighted by atomic mass is 10.2. The van der Waals surface area contributed by atoms with E-state index in [0.29, 0.717) is 13.1 Å². The van der Waals surface area contributed by atoms with Crippen molar-refractivity contribution in [3.63, 3.8) is 0 Å². The molecule has 0 saturated carbocycles. The van der Waals surface area contributed by atoms with Gasteiger partial charge in [-0.2, -0.15) is 0 Å². The Labute approximate surface area is 148 Å². The van der Waals surface area contributed by atoms with Crippen LogP contribution < -0.4 is 14.8 Å². The number of hydrogen-bond acceptors (Lipinski definition) is 5. The molecule has 0 spiro atoms. The van der Waals surface area contributed by atoms with E-state index in [0.717, 1.165) is 49.9 Å². The number of ether oxygens (including phenoxy) is 3. The highest BCUT2D eigenvalue weighted by Gasteiger charge is 2.19. The molecule has 1 aromatic carbocycles. The van der Waals surface area contributed by atoms with Crippen LogP contribution >= 0.6 is 0 Å². The van der Waals surface area contributed by atoms with Crippen molar-refractivity contribution < 1.29 is 19.0 Å². The fourth-order valence-corrected chi connectivity index (χ4v) is 3.11. The maximum absolute atomic E-state index is 12.6. The number of fused-ring (bicyclic) bond motifs is 1. The normalized spacial score (nSPS) is 18.0. The third kappa shape index (κ3) is 4.76. The van der Waals surface area contributed by atoms with Crippen LogP contribution in [0, 0.1) is 0 Å². The van der Waals surface area contributed by atoms with Crippen molar-refractivity contribution in [2.45, 2.75) is 26.4 Å². The Kier molecular flexibility index (Phi) is 5.99. The minimum absolute atomic E-state index is 0.0408. The van der Waals surface area contributed by atoms with E-state index in [9.17, 15) is 4.79 Å². The Hall–Kier alpha value is -1.99. The summed E-state index contributed by atoms with van der Waals surface area (Å²) in [6, 6.07) is 5.86. The summed E-state index contributed by atoms with van der Waals surface area (Å²) in [6.07, 6.45) is 0. The second kappa shape index (κ2) is 8.40. The molecule has 0 aliphatic carbocycles. The molecule has 0 bridgehead atoms. The molecule has 2 amide bonds. The Morgan fingerprint density at radius 2 is 2.04 bits per heavy atom. The Morgan fingerprint density at radius 3 is 2.80 bits per heavy atom. The van der Waals surface area contributed by atoms with Crippen molar-refractivity contribution in [1.82, 2.24) is 15.1 Å². The SMILES string of the molecule is CCN(Cc1ccc2c(c1)OCO2)C(=O)N[C@@H](C)CN1CCOCC1. The zero-order valence-electron chi connectivity index (χ0n) is 15.0. The number of urea groups is 1. The summed E-state index contributed by atoms with van der Waals surface area (Å²) < 4.78 is 16.1. The van der Waals surface area contributed by atoms with Gasteiger partial charge in [-0.05, 0) is 31.5 Å². The number of nitrogens with one attached hydrogen (secondary N) is 1. The maximum atomic E-state index is 12.6. The predicted molar refractivity (Wildman–Crippen MR) is 93.9 cm³/mol. The van der Waals surface area contributed by atoms with Crippen LogP contribution in [0.1, 0.15) is 19.4 Å². The molecule has 0 radical (unpaired) electrons. The first-order chi connectivity index (χ1) is 12.2. The van der Waals surface area contributed by atoms with E-state index in [1.165, 1.54) is 0 Å². The van der Waals surface area contributed by atoms with Crippen LogP contribution in [0.3, 0.4) is 0 Å². The molecule has 7 heteroatoms. The Morgan fingerprint density at radius 1 is 1.28 bits per heavy atom. The van der Waals surface area contributed by atoms with E-state index >= 15 is 0 Å². The molecule has 25 heavy (non-hydrogen) atoms. The third-order valence-corrected chi connectivity index (χ3v) is 4.48. The van der Waals surface area contributed by atoms with Crippen molar-refractivity contribution in [3.8, 4) is 11.5 Å². The third-order valence-electron chi connectivity index (χ3n) is 4.48. The van der Waals surface area contributed by atoms with Gasteiger partial charge in [0.25, 0.3) is 0 Å². The molecule has 0 unspecified atom stereocenters. The number of carbonyl (C=O) groups excluding carboxylic acids is 1. The van der Waals surface area contributed by atoms with Crippen molar-refractivity contribution in [1.29, 1.82) is 0 Å². The number of morpholine rings is 1. The molecule has 2 heterocycles. The number of amides is 2. The fourth-order valence-electron chi connectivity index (χ4n) is 3.11. The molecule has 7 nitrogen and oxygen atoms in total. The van der Waals surface area contributed by atoms with Gasteiger partial charge >= 0.3 is 6.03 Å². The number of hydrogen-bond donors (Lipinski definition) is 1. The van der Waals surface area contributed by atoms with Gasteiger partial charge in [-0.15, -0.1) is 0 Å². The molecule has 2 aliphatic rings. The first-order valence-electron chi connectivity index (χ1n) is 8.89. The van der Waals surface area contributed by atoms with Crippen LogP contribution in [0.25, 0.3) is 0 Å². The highest BCUT2D eigenvalue weighted by atomic mass is 16.7. The average molecular weight is 349 g/mol. The molecule has 1 atom stereocenters. The van der Waals surface area contributed by atoms with E-state index in [4.69, 9.17) is 14.2 Å². The highest BCUT2D eigenvalue weighted by molar-refractivity contribution is 5.74. The van der Waals surface area contributed by atoms with Crippen molar-refractivity contribution in [3.05, 3.63) is 23.8 Å². The first-order valence-corrected chi connectivity index (χ1v) is 8.89. The lowest BCUT2D eigenvalue weighted by molar-refractivity contribution is 0.0346. The van der Waals surface area contributed by atoms with Gasteiger partial charge in [0.1, 0.15) is 0 Å². The summed E-state index contributed by atoms with van der Waals surface area (Å²) in [7, 11) is 0. The minimum Gasteiger partial charge on any atom is -0.454 e. The quantitative estimate of drug-likeness (QED) is 0.846. The molecule has 1 aromatic rings. The summed E-state index contributed by atoms with van der Waals surface area (Å²) in [5.74, 6) is 1.50. The van der Waals surface area contributed by atoms with Gasteiger partial charge in [0, 0.05) is 38.8 Å². The summed E-state index contributed by atoms with van der Waals surface area (Å²) in [6.45, 7) is 9.71. The highest BCUT2D eigenvalue weighted by Crippen LogP contribution is 2.32. The van der Waals surface area contributed by atoms with E-state index in [2.05, 4.69) is 10.2 Å². The smallest absolute Gasteiger partial charge is 0.317 e. The maximum Gasteiger partial charge on any atom is 0.317 e. The topological polar surface area (TPSA) is 63.3 Å². The number of rotatable bonds is 6. The minimum atomic E-state index is -0.0408. The molecule has 3 rings (SSSR count). The molecule has 1 saturated heterocycles. The summed E-state index contributed by atoms with van der Waals surface area (Å²) in [4.78, 5) is 16.7. The average Bonchev–Trinajstić information content (AvgIpc) is 3.08. The van der Waals surface area contributed by atoms with Crippen LogP contribution in [0.15, 0.2) is 18.2 Å². The van der Waals surface area contributed by atoms with Gasteiger partial charge < -0.3 is 24.4 Å². The van der Waals surface area contributed by atoms with Gasteiger partial charge in [-0.3, -0.25) is 4.90 Å². The van der Waals surface area contributed by atoms with Gasteiger partial charge in [0.2, 0.25) is 6.79 Å². The molecule has 1 N–H and O–H groups in total. The van der Waals surface area contributed by atoms with Crippen LogP contribution in [0.5, 0.6) is 11.5 Å². The van der Waals surface area contributed by atoms with Gasteiger partial charge in [0.05, 0.1) is 13.2 Å². The monoisotopic (exact) mass is 349 g/mol. The molecular weight excluding hydrogens is 322 g/mol. The summed E-state index contributed by atoms with van der Waals surface area (Å²) in [5.41, 5.74) is 1.03. The molecule has 2 aliphatic heterocycles. The standard InChI is InChI=1S/C18H27N3O4/c1-3-21(12-15-4-5-16-17(10-15)25-13-24-16)18(22)19-14(2)11-20-6-8-23-9-7-20/h4-5,10,14H,3,6-9,11-13H2,1-2H3,(H,19,22)/t14-/m0/s1. The Bertz CT molecular complexity index is 590. The number of benzene rings is 1. The molecule has 1 fully saturated rings. The number of carbonyl (C=O) groups is 1. The largest absolute Gasteiger partial charge is 0.454 e. The molecule has 138 valence electrons. The van der Waals surface area contributed by atoms with E-state index in [1.54, 1.807) is 4.90 Å². The van der Waals surface area contributed by atoms with Crippen molar-refractivity contribution in [2.24, 2.45) is 0 Å². The van der Waals surface area contributed by atoms with Gasteiger partial charge in [0.15, 0.2) is 11.5 Å². The van der Waals surface area contributed by atoms with Crippen LogP contribution in [0.4, 0.5) is 4.79 Å². The second-order valence-corrected chi connectivity index (χ2v) is 6.47. The van der Waals surface area contributed by atoms with Gasteiger partial charge in [-0.25, -0.2) is 4.79 Å². The molecular formula is C18H27N3O4. The lowest BCUT2D eigenvalue weighted by Crippen LogP contribution is -2.49. The lowest BCUT2D eigenvalue weighted by Gasteiger charge is -2.30. The Balaban J connectivity index is 1.52. The van der Waals surface area contributed by atoms with Crippen molar-refractivity contribution >= 4 is 6.03 Å².